The quantitative estimate of drug-likeness (QED) is 0.590. The first kappa shape index (κ1) is 23.7. The number of nitrogens with one attached hydrogen (secondary N) is 1. The summed E-state index contributed by atoms with van der Waals surface area (Å²) in [5.74, 6) is -1.90. The summed E-state index contributed by atoms with van der Waals surface area (Å²) in [5, 5.41) is 3.13. The summed E-state index contributed by atoms with van der Waals surface area (Å²) in [5.41, 5.74) is 2.23. The van der Waals surface area contributed by atoms with Crippen LogP contribution in [0.5, 0.6) is 0 Å². The number of halogens is 5. The molecule has 2 aliphatic rings. The average molecular weight is 485 g/mol. The van der Waals surface area contributed by atoms with Crippen molar-refractivity contribution in [3.63, 3.8) is 0 Å². The van der Waals surface area contributed by atoms with Crippen LogP contribution in [0.15, 0.2) is 24.4 Å². The Hall–Kier alpha value is -2.42. The third-order valence-corrected chi connectivity index (χ3v) is 6.83. The van der Waals surface area contributed by atoms with E-state index in [1.165, 1.54) is 12.1 Å². The van der Waals surface area contributed by atoms with Crippen molar-refractivity contribution in [1.29, 1.82) is 0 Å². The first-order valence-electron chi connectivity index (χ1n) is 11.0. The molecule has 2 amide bonds. The SMILES string of the molecule is C[C@H](Cc1ncc2c(n1)CN(C(=O)N[C@@H]1CCC[C@H]1c1ccc(Cl)c(F)c1)CC2)C(F)(F)F. The van der Waals surface area contributed by atoms with E-state index in [-0.39, 0.29) is 41.8 Å². The van der Waals surface area contributed by atoms with Gasteiger partial charge in [-0.15, -0.1) is 0 Å². The van der Waals surface area contributed by atoms with Crippen molar-refractivity contribution in [2.75, 3.05) is 6.54 Å². The minimum Gasteiger partial charge on any atom is -0.335 e. The van der Waals surface area contributed by atoms with Crippen molar-refractivity contribution < 1.29 is 22.4 Å². The minimum atomic E-state index is -4.31. The molecule has 0 saturated heterocycles. The van der Waals surface area contributed by atoms with Crippen LogP contribution < -0.4 is 5.32 Å². The number of nitrogens with zero attached hydrogens (tertiary/aromatic N) is 3. The molecule has 33 heavy (non-hydrogen) atoms. The molecule has 10 heteroatoms. The topological polar surface area (TPSA) is 58.1 Å². The Bertz CT molecular complexity index is 1030. The summed E-state index contributed by atoms with van der Waals surface area (Å²) in [4.78, 5) is 23.0. The van der Waals surface area contributed by atoms with Crippen LogP contribution in [-0.2, 0) is 19.4 Å². The van der Waals surface area contributed by atoms with E-state index in [0.29, 0.717) is 18.7 Å². The Labute approximate surface area is 194 Å². The van der Waals surface area contributed by atoms with Crippen LogP contribution in [0.4, 0.5) is 22.4 Å². The molecule has 1 aliphatic carbocycles. The molecular formula is C23H25ClF4N4O. The molecule has 3 atom stereocenters. The van der Waals surface area contributed by atoms with E-state index in [2.05, 4.69) is 15.3 Å². The van der Waals surface area contributed by atoms with Crippen molar-refractivity contribution in [1.82, 2.24) is 20.2 Å². The van der Waals surface area contributed by atoms with Crippen molar-refractivity contribution in [3.8, 4) is 0 Å². The molecule has 0 unspecified atom stereocenters. The number of aromatic nitrogens is 2. The minimum absolute atomic E-state index is 0.00410. The fraction of sp³-hybridized carbons (Fsp3) is 0.522. The predicted molar refractivity (Wildman–Crippen MR) is 115 cm³/mol. The summed E-state index contributed by atoms with van der Waals surface area (Å²) in [6, 6.07) is 4.36. The highest BCUT2D eigenvalue weighted by atomic mass is 35.5. The lowest BCUT2D eigenvalue weighted by Crippen LogP contribution is -2.47. The highest BCUT2D eigenvalue weighted by Crippen LogP contribution is 2.36. The molecule has 2 heterocycles. The smallest absolute Gasteiger partial charge is 0.335 e. The Morgan fingerprint density at radius 2 is 2.12 bits per heavy atom. The van der Waals surface area contributed by atoms with E-state index in [1.54, 1.807) is 17.2 Å². The molecule has 0 spiro atoms. The molecule has 1 fully saturated rings. The molecule has 1 aromatic carbocycles. The zero-order valence-electron chi connectivity index (χ0n) is 18.1. The largest absolute Gasteiger partial charge is 0.391 e. The third kappa shape index (κ3) is 5.39. The van der Waals surface area contributed by atoms with Gasteiger partial charge in [-0.3, -0.25) is 0 Å². The molecule has 1 aromatic heterocycles. The highest BCUT2D eigenvalue weighted by molar-refractivity contribution is 6.30. The van der Waals surface area contributed by atoms with Crippen molar-refractivity contribution in [2.24, 2.45) is 5.92 Å². The van der Waals surface area contributed by atoms with E-state index >= 15 is 0 Å². The van der Waals surface area contributed by atoms with Gasteiger partial charge in [0.15, 0.2) is 0 Å². The van der Waals surface area contributed by atoms with Crippen LogP contribution in [0, 0.1) is 11.7 Å². The lowest BCUT2D eigenvalue weighted by atomic mass is 9.94. The van der Waals surface area contributed by atoms with Crippen LogP contribution in [0.2, 0.25) is 5.02 Å². The van der Waals surface area contributed by atoms with Gasteiger partial charge in [-0.25, -0.2) is 19.2 Å². The van der Waals surface area contributed by atoms with Crippen LogP contribution in [0.25, 0.3) is 0 Å². The number of alkyl halides is 3. The van der Waals surface area contributed by atoms with Gasteiger partial charge in [-0.05, 0) is 42.5 Å². The average Bonchev–Trinajstić information content (AvgIpc) is 3.22. The normalized spacial score (nSPS) is 21.6. The van der Waals surface area contributed by atoms with Gasteiger partial charge in [0.05, 0.1) is 23.2 Å². The van der Waals surface area contributed by atoms with Gasteiger partial charge in [-0.2, -0.15) is 13.2 Å². The fourth-order valence-corrected chi connectivity index (χ4v) is 4.65. The number of hydrogen-bond donors (Lipinski definition) is 1. The second-order valence-electron chi connectivity index (χ2n) is 8.84. The number of rotatable bonds is 4. The summed E-state index contributed by atoms with van der Waals surface area (Å²) < 4.78 is 52.6. The standard InChI is InChI=1S/C23H25ClF4N4O/c1-13(23(26,27)28)9-21-29-11-15-7-8-32(12-20(15)30-21)22(33)31-19-4-2-3-16(19)14-5-6-17(24)18(25)10-14/h5-6,10-11,13,16,19H,2-4,7-9,12H2,1H3,(H,31,33)/t13-,16+,19-/m1/s1. The van der Waals surface area contributed by atoms with Crippen LogP contribution >= 0.6 is 11.6 Å². The molecule has 1 aliphatic heterocycles. The van der Waals surface area contributed by atoms with E-state index < -0.39 is 17.9 Å². The number of urea groups is 1. The van der Waals surface area contributed by atoms with Crippen molar-refractivity contribution in [2.45, 2.75) is 63.7 Å². The first-order chi connectivity index (χ1) is 15.6. The lowest BCUT2D eigenvalue weighted by molar-refractivity contribution is -0.169. The molecule has 4 rings (SSSR count). The summed E-state index contributed by atoms with van der Waals surface area (Å²) in [7, 11) is 0. The fourth-order valence-electron chi connectivity index (χ4n) is 4.53. The summed E-state index contributed by atoms with van der Waals surface area (Å²) >= 11 is 5.79. The predicted octanol–water partition coefficient (Wildman–Crippen LogP) is 5.41. The maximum absolute atomic E-state index is 13.9. The van der Waals surface area contributed by atoms with Gasteiger partial charge in [0.2, 0.25) is 0 Å². The Morgan fingerprint density at radius 3 is 2.85 bits per heavy atom. The second-order valence-corrected chi connectivity index (χ2v) is 9.25. The van der Waals surface area contributed by atoms with Crippen LogP contribution in [0.1, 0.15) is 54.7 Å². The van der Waals surface area contributed by atoms with Gasteiger partial charge in [0.1, 0.15) is 11.6 Å². The van der Waals surface area contributed by atoms with E-state index in [9.17, 15) is 22.4 Å². The molecule has 2 aromatic rings. The second kappa shape index (κ2) is 9.44. The summed E-state index contributed by atoms with van der Waals surface area (Å²) in [6.45, 7) is 1.78. The third-order valence-electron chi connectivity index (χ3n) is 6.53. The Balaban J connectivity index is 1.42. The Morgan fingerprint density at radius 1 is 1.33 bits per heavy atom. The monoisotopic (exact) mass is 484 g/mol. The number of hydrogen-bond acceptors (Lipinski definition) is 3. The van der Waals surface area contributed by atoms with Gasteiger partial charge in [0, 0.05) is 31.1 Å². The maximum atomic E-state index is 13.9. The highest BCUT2D eigenvalue weighted by Gasteiger charge is 2.37. The number of fused-ring (bicyclic) bond motifs is 1. The molecular weight excluding hydrogens is 460 g/mol. The molecule has 0 radical (unpaired) electrons. The number of carbonyl (C=O) groups is 1. The number of amides is 2. The molecule has 5 nitrogen and oxygen atoms in total. The molecule has 0 bridgehead atoms. The lowest BCUT2D eigenvalue weighted by Gasteiger charge is -2.31. The van der Waals surface area contributed by atoms with E-state index in [4.69, 9.17) is 11.6 Å². The molecule has 1 saturated carbocycles. The number of carbonyl (C=O) groups excluding carboxylic acids is 1. The first-order valence-corrected chi connectivity index (χ1v) is 11.4. The Kier molecular flexibility index (Phi) is 6.79. The van der Waals surface area contributed by atoms with E-state index in [0.717, 1.165) is 37.3 Å². The molecule has 1 N–H and O–H groups in total. The zero-order valence-corrected chi connectivity index (χ0v) is 18.9. The van der Waals surface area contributed by atoms with E-state index in [1.807, 2.05) is 0 Å². The van der Waals surface area contributed by atoms with Crippen molar-refractivity contribution in [3.05, 3.63) is 57.9 Å². The van der Waals surface area contributed by atoms with Gasteiger partial charge in [0.25, 0.3) is 0 Å². The number of benzene rings is 1. The molecule has 178 valence electrons. The summed E-state index contributed by atoms with van der Waals surface area (Å²) in [6.07, 6.45) is 0.0268. The zero-order chi connectivity index (χ0) is 23.8. The maximum Gasteiger partial charge on any atom is 0.391 e. The van der Waals surface area contributed by atoms with Crippen LogP contribution in [0.3, 0.4) is 0 Å². The van der Waals surface area contributed by atoms with Gasteiger partial charge in [-0.1, -0.05) is 31.0 Å². The van der Waals surface area contributed by atoms with Gasteiger partial charge < -0.3 is 10.2 Å². The van der Waals surface area contributed by atoms with Gasteiger partial charge >= 0.3 is 12.2 Å². The van der Waals surface area contributed by atoms with Crippen molar-refractivity contribution >= 4 is 17.6 Å². The van der Waals surface area contributed by atoms with Crippen LogP contribution in [-0.4, -0.2) is 39.7 Å².